The van der Waals surface area contributed by atoms with Crippen LogP contribution in [0, 0.1) is 0 Å². The summed E-state index contributed by atoms with van der Waals surface area (Å²) >= 11 is 1.67. The third-order valence-corrected chi connectivity index (χ3v) is 4.34. The predicted molar refractivity (Wildman–Crippen MR) is 83.4 cm³/mol. The van der Waals surface area contributed by atoms with Gasteiger partial charge in [0.25, 0.3) is 0 Å². The molecular formula is C16H16N2OS. The number of thiophene rings is 1. The number of nitrogens with zero attached hydrogens (tertiary/aromatic N) is 2. The summed E-state index contributed by atoms with van der Waals surface area (Å²) < 4.78 is 3.07. The molecule has 0 aliphatic rings. The van der Waals surface area contributed by atoms with Gasteiger partial charge in [-0.05, 0) is 38.3 Å². The Hall–Kier alpha value is -1.94. The van der Waals surface area contributed by atoms with Gasteiger partial charge in [0.1, 0.15) is 5.69 Å². The van der Waals surface area contributed by atoms with Gasteiger partial charge in [-0.15, -0.1) is 11.3 Å². The number of benzene rings is 1. The number of hydrogen-bond donors (Lipinski definition) is 0. The quantitative estimate of drug-likeness (QED) is 0.656. The molecule has 0 atom stereocenters. The molecule has 0 N–H and O–H groups in total. The Morgan fingerprint density at radius 1 is 1.25 bits per heavy atom. The fourth-order valence-corrected chi connectivity index (χ4v) is 3.18. The maximum Gasteiger partial charge on any atom is 0.153 e. The van der Waals surface area contributed by atoms with Crippen molar-refractivity contribution in [3.05, 3.63) is 42.1 Å². The Morgan fingerprint density at radius 2 is 2.00 bits per heavy atom. The van der Waals surface area contributed by atoms with Crippen LogP contribution in [0.25, 0.3) is 20.7 Å². The molecule has 0 bridgehead atoms. The fourth-order valence-electron chi connectivity index (χ4n) is 2.11. The molecule has 3 rings (SSSR count). The molecule has 0 radical (unpaired) electrons. The Morgan fingerprint density at radius 3 is 2.65 bits per heavy atom. The molecule has 3 aromatic rings. The van der Waals surface area contributed by atoms with Gasteiger partial charge in [-0.2, -0.15) is 5.10 Å². The number of carbonyl (C=O) groups excluding carboxylic acids is 1. The Kier molecular flexibility index (Phi) is 2.98. The number of hydrogen-bond acceptors (Lipinski definition) is 3. The van der Waals surface area contributed by atoms with Crippen molar-refractivity contribution in [1.82, 2.24) is 9.78 Å². The highest BCUT2D eigenvalue weighted by Gasteiger charge is 2.19. The lowest BCUT2D eigenvalue weighted by Crippen LogP contribution is -2.22. The summed E-state index contributed by atoms with van der Waals surface area (Å²) in [7, 11) is 0. The van der Waals surface area contributed by atoms with Crippen molar-refractivity contribution >= 4 is 27.7 Å². The molecule has 0 unspecified atom stereocenters. The van der Waals surface area contributed by atoms with Crippen molar-refractivity contribution in [3.8, 4) is 10.6 Å². The third kappa shape index (κ3) is 2.16. The second-order valence-electron chi connectivity index (χ2n) is 5.81. The van der Waals surface area contributed by atoms with Crippen LogP contribution in [0.3, 0.4) is 0 Å². The van der Waals surface area contributed by atoms with Crippen LogP contribution in [-0.2, 0) is 5.54 Å². The van der Waals surface area contributed by atoms with Crippen LogP contribution in [0.15, 0.2) is 36.5 Å². The van der Waals surface area contributed by atoms with E-state index in [2.05, 4.69) is 44.1 Å². The van der Waals surface area contributed by atoms with Crippen molar-refractivity contribution in [1.29, 1.82) is 0 Å². The van der Waals surface area contributed by atoms with Gasteiger partial charge in [0.05, 0.1) is 16.0 Å². The number of rotatable bonds is 2. The first-order chi connectivity index (χ1) is 9.49. The van der Waals surface area contributed by atoms with E-state index in [1.54, 1.807) is 11.3 Å². The van der Waals surface area contributed by atoms with Crippen molar-refractivity contribution in [2.24, 2.45) is 0 Å². The molecule has 0 saturated carbocycles. The summed E-state index contributed by atoms with van der Waals surface area (Å²) in [5, 5.41) is 5.80. The van der Waals surface area contributed by atoms with E-state index in [-0.39, 0.29) is 5.54 Å². The molecule has 0 aliphatic carbocycles. The van der Waals surface area contributed by atoms with Gasteiger partial charge in [0.15, 0.2) is 6.29 Å². The van der Waals surface area contributed by atoms with E-state index in [4.69, 9.17) is 0 Å². The van der Waals surface area contributed by atoms with Crippen molar-refractivity contribution in [2.45, 2.75) is 26.3 Å². The zero-order valence-electron chi connectivity index (χ0n) is 11.8. The van der Waals surface area contributed by atoms with E-state index >= 15 is 0 Å². The topological polar surface area (TPSA) is 34.9 Å². The highest BCUT2D eigenvalue weighted by Crippen LogP contribution is 2.34. The molecule has 2 aromatic heterocycles. The standard InChI is InChI=1S/C16H16N2OS/c1-16(2,3)18-9-12(10-19)15(17-18)14-8-11-6-4-5-7-13(11)20-14/h4-10H,1-3H3. The minimum atomic E-state index is -0.132. The van der Waals surface area contributed by atoms with Crippen LogP contribution in [-0.4, -0.2) is 16.1 Å². The Bertz CT molecular complexity index is 744. The average molecular weight is 284 g/mol. The van der Waals surface area contributed by atoms with Crippen molar-refractivity contribution in [2.75, 3.05) is 0 Å². The zero-order valence-corrected chi connectivity index (χ0v) is 12.6. The molecule has 0 amide bonds. The molecule has 4 heteroatoms. The van der Waals surface area contributed by atoms with Crippen molar-refractivity contribution < 1.29 is 4.79 Å². The third-order valence-electron chi connectivity index (χ3n) is 3.22. The number of carbonyl (C=O) groups is 1. The highest BCUT2D eigenvalue weighted by molar-refractivity contribution is 7.22. The summed E-state index contributed by atoms with van der Waals surface area (Å²) in [5.74, 6) is 0. The monoisotopic (exact) mass is 284 g/mol. The zero-order chi connectivity index (χ0) is 14.3. The smallest absolute Gasteiger partial charge is 0.153 e. The number of aldehydes is 1. The van der Waals surface area contributed by atoms with Gasteiger partial charge in [0.2, 0.25) is 0 Å². The van der Waals surface area contributed by atoms with Gasteiger partial charge in [-0.1, -0.05) is 18.2 Å². The molecule has 0 fully saturated rings. The van der Waals surface area contributed by atoms with E-state index < -0.39 is 0 Å². The number of aromatic nitrogens is 2. The molecule has 1 aromatic carbocycles. The number of fused-ring (bicyclic) bond motifs is 1. The van der Waals surface area contributed by atoms with E-state index in [1.165, 1.54) is 10.1 Å². The van der Waals surface area contributed by atoms with Crippen LogP contribution in [0.1, 0.15) is 31.1 Å². The summed E-state index contributed by atoms with van der Waals surface area (Å²) in [6.07, 6.45) is 2.71. The maximum atomic E-state index is 11.3. The lowest BCUT2D eigenvalue weighted by Gasteiger charge is -2.18. The van der Waals surface area contributed by atoms with E-state index in [0.717, 1.165) is 16.9 Å². The SMILES string of the molecule is CC(C)(C)n1cc(C=O)c(-c2cc3ccccc3s2)n1. The predicted octanol–water partition coefficient (Wildman–Crippen LogP) is 4.33. The lowest BCUT2D eigenvalue weighted by molar-refractivity contribution is 0.112. The van der Waals surface area contributed by atoms with Crippen LogP contribution in [0.2, 0.25) is 0 Å². The van der Waals surface area contributed by atoms with Crippen molar-refractivity contribution in [3.63, 3.8) is 0 Å². The van der Waals surface area contributed by atoms with Gasteiger partial charge in [-0.3, -0.25) is 9.48 Å². The minimum Gasteiger partial charge on any atom is -0.298 e. The molecule has 3 nitrogen and oxygen atoms in total. The van der Waals surface area contributed by atoms with Gasteiger partial charge >= 0.3 is 0 Å². The maximum absolute atomic E-state index is 11.3. The van der Waals surface area contributed by atoms with Crippen LogP contribution >= 0.6 is 11.3 Å². The van der Waals surface area contributed by atoms with Gasteiger partial charge < -0.3 is 0 Å². The molecule has 2 heterocycles. The molecule has 20 heavy (non-hydrogen) atoms. The summed E-state index contributed by atoms with van der Waals surface area (Å²) in [6, 6.07) is 10.3. The largest absolute Gasteiger partial charge is 0.298 e. The molecule has 0 aliphatic heterocycles. The highest BCUT2D eigenvalue weighted by atomic mass is 32.1. The Balaban J connectivity index is 2.17. The second kappa shape index (κ2) is 4.56. The summed E-state index contributed by atoms with van der Waals surface area (Å²) in [6.45, 7) is 6.22. The Labute approximate surface area is 121 Å². The minimum absolute atomic E-state index is 0.132. The van der Waals surface area contributed by atoms with E-state index in [9.17, 15) is 4.79 Å². The van der Waals surface area contributed by atoms with E-state index in [0.29, 0.717) is 5.56 Å². The summed E-state index contributed by atoms with van der Waals surface area (Å²) in [4.78, 5) is 12.3. The normalized spacial score (nSPS) is 11.9. The van der Waals surface area contributed by atoms with E-state index in [1.807, 2.05) is 23.0 Å². The van der Waals surface area contributed by atoms with Crippen LogP contribution in [0.4, 0.5) is 0 Å². The van der Waals surface area contributed by atoms with Gasteiger partial charge in [0, 0.05) is 10.9 Å². The lowest BCUT2D eigenvalue weighted by atomic mass is 10.1. The second-order valence-corrected chi connectivity index (χ2v) is 6.90. The molecule has 102 valence electrons. The van der Waals surface area contributed by atoms with Crippen LogP contribution in [0.5, 0.6) is 0 Å². The average Bonchev–Trinajstić information content (AvgIpc) is 3.01. The molecule has 0 saturated heterocycles. The first-order valence-corrected chi connectivity index (χ1v) is 7.35. The summed E-state index contributed by atoms with van der Waals surface area (Å²) in [5.41, 5.74) is 1.29. The first kappa shape index (κ1) is 13.1. The van der Waals surface area contributed by atoms with Gasteiger partial charge in [-0.25, -0.2) is 0 Å². The fraction of sp³-hybridized carbons (Fsp3) is 0.250. The first-order valence-electron chi connectivity index (χ1n) is 6.53. The van der Waals surface area contributed by atoms with Crippen LogP contribution < -0.4 is 0 Å². The molecular weight excluding hydrogens is 268 g/mol. The molecule has 0 spiro atoms.